The van der Waals surface area contributed by atoms with E-state index in [0.29, 0.717) is 12.5 Å². The van der Waals surface area contributed by atoms with E-state index < -0.39 is 10.0 Å². The second-order valence-electron chi connectivity index (χ2n) is 4.04. The quantitative estimate of drug-likeness (QED) is 0.865. The highest BCUT2D eigenvalue weighted by molar-refractivity contribution is 7.92. The third-order valence-corrected chi connectivity index (χ3v) is 3.71. The molecule has 2 aromatic rings. The van der Waals surface area contributed by atoms with E-state index in [1.165, 1.54) is 12.4 Å². The topological polar surface area (TPSA) is 96.9 Å². The number of anilines is 2. The third-order valence-electron chi connectivity index (χ3n) is 2.40. The zero-order valence-electron chi connectivity index (χ0n) is 11.2. The molecular weight excluding hydrogens is 278 g/mol. The van der Waals surface area contributed by atoms with Gasteiger partial charge in [0, 0.05) is 12.2 Å². The minimum atomic E-state index is -3.73. The Bertz CT molecular complexity index is 685. The van der Waals surface area contributed by atoms with E-state index in [1.807, 2.05) is 6.92 Å². The number of nitrogens with one attached hydrogen (secondary N) is 2. The Morgan fingerprint density at radius 3 is 2.50 bits per heavy atom. The molecule has 0 bridgehead atoms. The maximum absolute atomic E-state index is 12.1. The molecule has 0 amide bonds. The van der Waals surface area contributed by atoms with Crippen molar-refractivity contribution in [3.8, 4) is 0 Å². The first-order valence-electron chi connectivity index (χ1n) is 6.03. The Labute approximate surface area is 117 Å². The van der Waals surface area contributed by atoms with E-state index in [0.717, 1.165) is 5.69 Å². The van der Waals surface area contributed by atoms with Gasteiger partial charge in [-0.05, 0) is 26.0 Å². The summed E-state index contributed by atoms with van der Waals surface area (Å²) in [7, 11) is -3.73. The smallest absolute Gasteiger partial charge is 0.266 e. The highest BCUT2D eigenvalue weighted by Gasteiger charge is 2.16. The van der Waals surface area contributed by atoms with Gasteiger partial charge in [0.15, 0.2) is 0 Å². The first-order valence-corrected chi connectivity index (χ1v) is 7.52. The summed E-state index contributed by atoms with van der Waals surface area (Å²) in [6.07, 6.45) is 2.51. The lowest BCUT2D eigenvalue weighted by Crippen LogP contribution is -2.15. The van der Waals surface area contributed by atoms with Crippen molar-refractivity contribution in [3.63, 3.8) is 0 Å². The van der Waals surface area contributed by atoms with Crippen molar-refractivity contribution in [1.82, 2.24) is 15.0 Å². The Morgan fingerprint density at radius 2 is 1.90 bits per heavy atom. The molecule has 7 nitrogen and oxygen atoms in total. The van der Waals surface area contributed by atoms with Crippen LogP contribution in [0.25, 0.3) is 0 Å². The third kappa shape index (κ3) is 3.41. The van der Waals surface area contributed by atoms with E-state index in [2.05, 4.69) is 25.0 Å². The monoisotopic (exact) mass is 293 g/mol. The van der Waals surface area contributed by atoms with Gasteiger partial charge in [0.2, 0.25) is 5.95 Å². The fourth-order valence-corrected chi connectivity index (χ4v) is 2.39. The van der Waals surface area contributed by atoms with Crippen LogP contribution in [-0.4, -0.2) is 29.9 Å². The minimum Gasteiger partial charge on any atom is -0.355 e. The SMILES string of the molecule is CCNc1ncc(S(=O)(=O)Nc2cccc(C)n2)cn1. The number of sulfonamides is 1. The molecule has 0 atom stereocenters. The van der Waals surface area contributed by atoms with Gasteiger partial charge in [0.1, 0.15) is 10.7 Å². The van der Waals surface area contributed by atoms with Gasteiger partial charge in [-0.25, -0.2) is 23.4 Å². The van der Waals surface area contributed by atoms with Gasteiger partial charge in [-0.1, -0.05) is 6.07 Å². The fourth-order valence-electron chi connectivity index (χ4n) is 1.50. The summed E-state index contributed by atoms with van der Waals surface area (Å²) in [6, 6.07) is 5.09. The molecule has 0 radical (unpaired) electrons. The van der Waals surface area contributed by atoms with E-state index in [-0.39, 0.29) is 10.7 Å². The molecule has 20 heavy (non-hydrogen) atoms. The minimum absolute atomic E-state index is 0.0116. The predicted molar refractivity (Wildman–Crippen MR) is 76.0 cm³/mol. The molecule has 0 saturated heterocycles. The molecule has 0 unspecified atom stereocenters. The van der Waals surface area contributed by atoms with Crippen LogP contribution in [0, 0.1) is 6.92 Å². The number of aryl methyl sites for hydroxylation is 1. The molecule has 0 fully saturated rings. The molecule has 0 aliphatic heterocycles. The molecule has 0 aliphatic carbocycles. The first kappa shape index (κ1) is 14.2. The molecule has 2 N–H and O–H groups in total. The summed E-state index contributed by atoms with van der Waals surface area (Å²) < 4.78 is 26.6. The van der Waals surface area contributed by atoms with Crippen molar-refractivity contribution >= 4 is 21.8 Å². The Morgan fingerprint density at radius 1 is 1.20 bits per heavy atom. The van der Waals surface area contributed by atoms with Crippen molar-refractivity contribution < 1.29 is 8.42 Å². The van der Waals surface area contributed by atoms with Crippen LogP contribution >= 0.6 is 0 Å². The summed E-state index contributed by atoms with van der Waals surface area (Å²) in [6.45, 7) is 4.35. The normalized spacial score (nSPS) is 11.1. The van der Waals surface area contributed by atoms with Crippen LogP contribution < -0.4 is 10.0 Å². The molecule has 0 aliphatic rings. The van der Waals surface area contributed by atoms with Gasteiger partial charge in [0.25, 0.3) is 10.0 Å². The van der Waals surface area contributed by atoms with E-state index in [1.54, 1.807) is 25.1 Å². The molecule has 8 heteroatoms. The van der Waals surface area contributed by atoms with Gasteiger partial charge in [-0.2, -0.15) is 0 Å². The van der Waals surface area contributed by atoms with Gasteiger partial charge < -0.3 is 5.32 Å². The van der Waals surface area contributed by atoms with Crippen molar-refractivity contribution in [1.29, 1.82) is 0 Å². The lowest BCUT2D eigenvalue weighted by molar-refractivity contribution is 0.600. The van der Waals surface area contributed by atoms with Crippen LogP contribution in [0.1, 0.15) is 12.6 Å². The average molecular weight is 293 g/mol. The van der Waals surface area contributed by atoms with Gasteiger partial charge in [0.05, 0.1) is 12.4 Å². The zero-order chi connectivity index (χ0) is 14.6. The molecule has 0 aromatic carbocycles. The van der Waals surface area contributed by atoms with Crippen LogP contribution in [0.5, 0.6) is 0 Å². The summed E-state index contributed by atoms with van der Waals surface area (Å²) >= 11 is 0. The number of pyridine rings is 1. The van der Waals surface area contributed by atoms with Crippen molar-refractivity contribution in [2.75, 3.05) is 16.6 Å². The zero-order valence-corrected chi connectivity index (χ0v) is 12.0. The number of hydrogen-bond acceptors (Lipinski definition) is 6. The van der Waals surface area contributed by atoms with Crippen molar-refractivity contribution in [2.24, 2.45) is 0 Å². The Kier molecular flexibility index (Phi) is 4.14. The predicted octanol–water partition coefficient (Wildman–Crippen LogP) is 1.41. The Hall–Kier alpha value is -2.22. The van der Waals surface area contributed by atoms with Crippen LogP contribution in [0.15, 0.2) is 35.5 Å². The van der Waals surface area contributed by atoms with Crippen LogP contribution in [0.3, 0.4) is 0 Å². The maximum atomic E-state index is 12.1. The van der Waals surface area contributed by atoms with E-state index in [9.17, 15) is 8.42 Å². The van der Waals surface area contributed by atoms with Crippen molar-refractivity contribution in [2.45, 2.75) is 18.7 Å². The second-order valence-corrected chi connectivity index (χ2v) is 5.72. The fraction of sp³-hybridized carbons (Fsp3) is 0.250. The highest BCUT2D eigenvalue weighted by atomic mass is 32.2. The number of hydrogen-bond donors (Lipinski definition) is 2. The first-order chi connectivity index (χ1) is 9.51. The van der Waals surface area contributed by atoms with E-state index in [4.69, 9.17) is 0 Å². The summed E-state index contributed by atoms with van der Waals surface area (Å²) in [5, 5.41) is 2.89. The highest BCUT2D eigenvalue weighted by Crippen LogP contribution is 2.13. The largest absolute Gasteiger partial charge is 0.355 e. The molecule has 2 rings (SSSR count). The van der Waals surface area contributed by atoms with Crippen LogP contribution in [-0.2, 0) is 10.0 Å². The summed E-state index contributed by atoms with van der Waals surface area (Å²) in [5.41, 5.74) is 0.726. The van der Waals surface area contributed by atoms with Gasteiger partial charge in [-0.15, -0.1) is 0 Å². The Balaban J connectivity index is 2.21. The van der Waals surface area contributed by atoms with Crippen LogP contribution in [0.2, 0.25) is 0 Å². The molecule has 0 saturated carbocycles. The standard InChI is InChI=1S/C12H15N5O2S/c1-3-13-12-14-7-10(8-15-12)20(18,19)17-11-6-4-5-9(2)16-11/h4-8H,3H2,1-2H3,(H,16,17)(H,13,14,15). The lowest BCUT2D eigenvalue weighted by atomic mass is 10.4. The molecule has 106 valence electrons. The van der Waals surface area contributed by atoms with E-state index >= 15 is 0 Å². The number of rotatable bonds is 5. The molecule has 0 spiro atoms. The van der Waals surface area contributed by atoms with Gasteiger partial charge in [-0.3, -0.25) is 4.72 Å². The average Bonchev–Trinajstić information content (AvgIpc) is 2.39. The van der Waals surface area contributed by atoms with Crippen molar-refractivity contribution in [3.05, 3.63) is 36.3 Å². The molecule has 2 heterocycles. The summed E-state index contributed by atoms with van der Waals surface area (Å²) in [5.74, 6) is 0.654. The van der Waals surface area contributed by atoms with Crippen LogP contribution in [0.4, 0.5) is 11.8 Å². The number of nitrogens with zero attached hydrogens (tertiary/aromatic N) is 3. The maximum Gasteiger partial charge on any atom is 0.266 e. The summed E-state index contributed by atoms with van der Waals surface area (Å²) in [4.78, 5) is 11.9. The molecular formula is C12H15N5O2S. The number of aromatic nitrogens is 3. The van der Waals surface area contributed by atoms with Gasteiger partial charge >= 0.3 is 0 Å². The second kappa shape index (κ2) is 5.83. The molecule has 2 aromatic heterocycles. The lowest BCUT2D eigenvalue weighted by Gasteiger charge is -2.07.